The van der Waals surface area contributed by atoms with Crippen LogP contribution in [-0.2, 0) is 22.6 Å². The first-order chi connectivity index (χ1) is 15.3. The Hall–Kier alpha value is -2.82. The van der Waals surface area contributed by atoms with Gasteiger partial charge in [-0.05, 0) is 26.0 Å². The summed E-state index contributed by atoms with van der Waals surface area (Å²) >= 11 is 0. The molecule has 5 rings (SSSR count). The Bertz CT molecular complexity index is 1040. The van der Waals surface area contributed by atoms with Crippen LogP contribution in [0.15, 0.2) is 24.4 Å². The van der Waals surface area contributed by atoms with Crippen LogP contribution in [0.25, 0.3) is 11.0 Å². The van der Waals surface area contributed by atoms with Crippen LogP contribution < -0.4 is 15.5 Å². The predicted octanol–water partition coefficient (Wildman–Crippen LogP) is 1.70. The van der Waals surface area contributed by atoms with Crippen molar-refractivity contribution < 1.29 is 9.47 Å². The van der Waals surface area contributed by atoms with Gasteiger partial charge in [-0.2, -0.15) is 10.1 Å². The van der Waals surface area contributed by atoms with Crippen molar-refractivity contribution >= 4 is 28.6 Å². The van der Waals surface area contributed by atoms with E-state index in [9.17, 15) is 0 Å². The summed E-state index contributed by atoms with van der Waals surface area (Å²) in [5, 5.41) is 11.6. The maximum Gasteiger partial charge on any atom is 0.228 e. The van der Waals surface area contributed by atoms with Gasteiger partial charge in [0.05, 0.1) is 25.8 Å². The summed E-state index contributed by atoms with van der Waals surface area (Å²) in [4.78, 5) is 16.5. The van der Waals surface area contributed by atoms with Crippen LogP contribution in [0.3, 0.4) is 0 Å². The van der Waals surface area contributed by atoms with E-state index >= 15 is 0 Å². The lowest BCUT2D eigenvalue weighted by Gasteiger charge is -2.56. The van der Waals surface area contributed by atoms with E-state index in [2.05, 4.69) is 20.5 Å². The maximum atomic E-state index is 5.69. The Labute approximate surface area is 181 Å². The molecule has 2 N–H and O–H groups in total. The summed E-state index contributed by atoms with van der Waals surface area (Å²) in [6.45, 7) is 8.70. The topological polar surface area (TPSA) is 102 Å². The van der Waals surface area contributed by atoms with Gasteiger partial charge < -0.3 is 25.0 Å². The molecule has 1 unspecified atom stereocenters. The van der Waals surface area contributed by atoms with Crippen LogP contribution in [0.1, 0.15) is 19.5 Å². The molecule has 0 aromatic carbocycles. The second-order valence-electron chi connectivity index (χ2n) is 7.65. The van der Waals surface area contributed by atoms with Crippen molar-refractivity contribution in [1.82, 2.24) is 30.0 Å². The van der Waals surface area contributed by atoms with Crippen LogP contribution >= 0.6 is 0 Å². The average Bonchev–Trinajstić information content (AvgIpc) is 3.12. The monoisotopic (exact) mass is 424 g/mol. The quantitative estimate of drug-likeness (QED) is 0.471. The standard InChI is InChI=1S/C21H28N8O2/c1-3-30-10-9-29-19-18(15(27-29)13-31-4-2)25-21(28-12-14-16(28)11-23-14)26-20(19)24-17-7-5-6-8-22-17/h5-8,14,16,23H,3-4,9-13H2,1-2H3,(H,22,24,25,26)/t14?,16-/m1/s1. The fourth-order valence-electron chi connectivity index (χ4n) is 4.00. The number of aromatic nitrogens is 5. The van der Waals surface area contributed by atoms with Crippen molar-refractivity contribution in [3.63, 3.8) is 0 Å². The van der Waals surface area contributed by atoms with Gasteiger partial charge in [-0.15, -0.1) is 0 Å². The molecule has 2 saturated heterocycles. The Kier molecular flexibility index (Phi) is 5.66. The molecule has 0 aliphatic carbocycles. The van der Waals surface area contributed by atoms with Crippen molar-refractivity contribution in [2.75, 3.05) is 43.1 Å². The van der Waals surface area contributed by atoms with Gasteiger partial charge in [0.1, 0.15) is 22.5 Å². The number of anilines is 3. The molecular formula is C21H28N8O2. The first-order valence-electron chi connectivity index (χ1n) is 10.9. The first kappa shape index (κ1) is 20.1. The molecule has 3 aromatic rings. The molecule has 0 radical (unpaired) electrons. The fourth-order valence-corrected chi connectivity index (χ4v) is 4.00. The first-order valence-corrected chi connectivity index (χ1v) is 10.9. The molecule has 0 bridgehead atoms. The predicted molar refractivity (Wildman–Crippen MR) is 118 cm³/mol. The molecule has 2 atom stereocenters. The van der Waals surface area contributed by atoms with Crippen LogP contribution in [0, 0.1) is 0 Å². The zero-order valence-corrected chi connectivity index (χ0v) is 17.9. The molecular weight excluding hydrogens is 396 g/mol. The third-order valence-electron chi connectivity index (χ3n) is 5.76. The third kappa shape index (κ3) is 3.82. The van der Waals surface area contributed by atoms with Crippen molar-refractivity contribution in [1.29, 1.82) is 0 Å². The number of rotatable bonds is 10. The van der Waals surface area contributed by atoms with E-state index in [1.807, 2.05) is 36.7 Å². The zero-order valence-electron chi connectivity index (χ0n) is 17.9. The van der Waals surface area contributed by atoms with E-state index in [0.717, 1.165) is 41.6 Å². The number of fused-ring (bicyclic) bond motifs is 2. The molecule has 0 spiro atoms. The van der Waals surface area contributed by atoms with Gasteiger partial charge in [0.25, 0.3) is 0 Å². The highest BCUT2D eigenvalue weighted by Gasteiger charge is 2.47. The molecule has 31 heavy (non-hydrogen) atoms. The summed E-state index contributed by atoms with van der Waals surface area (Å²) in [6.07, 6.45) is 1.76. The Morgan fingerprint density at radius 3 is 2.77 bits per heavy atom. The van der Waals surface area contributed by atoms with Crippen molar-refractivity contribution in [2.45, 2.75) is 39.1 Å². The number of hydrogen-bond acceptors (Lipinski definition) is 9. The molecule has 2 fully saturated rings. The normalized spacial score (nSPS) is 19.7. The summed E-state index contributed by atoms with van der Waals surface area (Å²) in [7, 11) is 0. The maximum absolute atomic E-state index is 5.69. The number of ether oxygens (including phenoxy) is 2. The van der Waals surface area contributed by atoms with Gasteiger partial charge in [0.15, 0.2) is 5.82 Å². The molecule has 0 amide bonds. The molecule has 164 valence electrons. The number of nitrogens with one attached hydrogen (secondary N) is 2. The van der Waals surface area contributed by atoms with Gasteiger partial charge in [-0.25, -0.2) is 9.97 Å². The average molecular weight is 425 g/mol. The number of nitrogens with zero attached hydrogens (tertiary/aromatic N) is 6. The van der Waals surface area contributed by atoms with E-state index in [-0.39, 0.29) is 0 Å². The minimum Gasteiger partial charge on any atom is -0.380 e. The van der Waals surface area contributed by atoms with Crippen LogP contribution in [0.2, 0.25) is 0 Å². The smallest absolute Gasteiger partial charge is 0.228 e. The van der Waals surface area contributed by atoms with E-state index in [1.165, 1.54) is 0 Å². The van der Waals surface area contributed by atoms with Gasteiger partial charge in [0.2, 0.25) is 5.95 Å². The Morgan fingerprint density at radius 1 is 1.19 bits per heavy atom. The van der Waals surface area contributed by atoms with E-state index in [4.69, 9.17) is 24.5 Å². The number of hydrogen-bond donors (Lipinski definition) is 2. The second-order valence-corrected chi connectivity index (χ2v) is 7.65. The molecule has 0 saturated carbocycles. The SMILES string of the molecule is CCOCCn1nc(COCC)c2nc(N3CC4NC[C@H]43)nc(Nc3ccccn3)c21. The summed E-state index contributed by atoms with van der Waals surface area (Å²) in [5.74, 6) is 2.14. The van der Waals surface area contributed by atoms with E-state index in [1.54, 1.807) is 6.20 Å². The summed E-state index contributed by atoms with van der Waals surface area (Å²) < 4.78 is 13.2. The van der Waals surface area contributed by atoms with Crippen LogP contribution in [0.5, 0.6) is 0 Å². The van der Waals surface area contributed by atoms with Gasteiger partial charge in [-0.3, -0.25) is 4.68 Å². The Morgan fingerprint density at radius 2 is 2.10 bits per heavy atom. The minimum atomic E-state index is 0.404. The zero-order chi connectivity index (χ0) is 21.2. The van der Waals surface area contributed by atoms with Gasteiger partial charge >= 0.3 is 0 Å². The highest BCUT2D eigenvalue weighted by atomic mass is 16.5. The molecule has 5 heterocycles. The fraction of sp³-hybridized carbons (Fsp3) is 0.524. The second kappa shape index (κ2) is 8.74. The summed E-state index contributed by atoms with van der Waals surface area (Å²) in [5.41, 5.74) is 2.46. The lowest BCUT2D eigenvalue weighted by Crippen LogP contribution is -2.78. The largest absolute Gasteiger partial charge is 0.380 e. The Balaban J connectivity index is 1.59. The highest BCUT2D eigenvalue weighted by molar-refractivity contribution is 5.90. The van der Waals surface area contributed by atoms with Crippen LogP contribution in [0.4, 0.5) is 17.6 Å². The molecule has 2 aliphatic heterocycles. The van der Waals surface area contributed by atoms with Crippen molar-refractivity contribution in [2.24, 2.45) is 0 Å². The molecule has 10 heteroatoms. The lowest BCUT2D eigenvalue weighted by atomic mass is 9.89. The van der Waals surface area contributed by atoms with Gasteiger partial charge in [-0.1, -0.05) is 6.07 Å². The highest BCUT2D eigenvalue weighted by Crippen LogP contribution is 2.33. The van der Waals surface area contributed by atoms with Gasteiger partial charge in [0, 0.05) is 38.5 Å². The molecule has 3 aromatic heterocycles. The summed E-state index contributed by atoms with van der Waals surface area (Å²) in [6, 6.07) is 6.77. The van der Waals surface area contributed by atoms with Crippen molar-refractivity contribution in [3.8, 4) is 0 Å². The third-order valence-corrected chi connectivity index (χ3v) is 5.76. The number of pyridine rings is 1. The van der Waals surface area contributed by atoms with Crippen molar-refractivity contribution in [3.05, 3.63) is 30.1 Å². The lowest BCUT2D eigenvalue weighted by molar-refractivity contribution is 0.128. The van der Waals surface area contributed by atoms with E-state index in [0.29, 0.717) is 50.9 Å². The van der Waals surface area contributed by atoms with E-state index < -0.39 is 0 Å². The molecule has 2 aliphatic rings. The number of piperazine rings is 1. The molecule has 10 nitrogen and oxygen atoms in total. The minimum absolute atomic E-state index is 0.404. The van der Waals surface area contributed by atoms with Crippen LogP contribution in [-0.4, -0.2) is 69.7 Å².